The van der Waals surface area contributed by atoms with E-state index in [0.29, 0.717) is 25.4 Å². The Balaban J connectivity index is 2.09. The number of nitrogens with zero attached hydrogens (tertiary/aromatic N) is 2. The lowest BCUT2D eigenvalue weighted by atomic mass is 9.84. The van der Waals surface area contributed by atoms with E-state index in [-0.39, 0.29) is 22.5 Å². The van der Waals surface area contributed by atoms with Gasteiger partial charge in [0.15, 0.2) is 6.04 Å². The maximum Gasteiger partial charge on any atom is 0.516 e. The third-order valence-corrected chi connectivity index (χ3v) is 4.80. The fraction of sp³-hybridized carbons (Fsp3) is 0.857. The molecular formula is C14H25N2O3+. The van der Waals surface area contributed by atoms with Crippen LogP contribution >= 0.6 is 0 Å². The third kappa shape index (κ3) is 2.48. The summed E-state index contributed by atoms with van der Waals surface area (Å²) in [7, 11) is 3.21. The first kappa shape index (κ1) is 14.3. The smallest absolute Gasteiger partial charge is 0.423 e. The molecule has 5 heteroatoms. The highest BCUT2D eigenvalue weighted by Gasteiger charge is 2.50. The van der Waals surface area contributed by atoms with E-state index in [0.717, 1.165) is 6.54 Å². The molecule has 1 saturated heterocycles. The molecule has 0 N–H and O–H groups in total. The fourth-order valence-electron chi connectivity index (χ4n) is 3.22. The molecule has 5 nitrogen and oxygen atoms in total. The number of rotatable bonds is 3. The lowest BCUT2D eigenvalue weighted by Gasteiger charge is -2.45. The second kappa shape index (κ2) is 5.49. The molecule has 1 aliphatic carbocycles. The molecule has 0 spiro atoms. The Morgan fingerprint density at radius 2 is 2.16 bits per heavy atom. The number of hydrogen-bond donors (Lipinski definition) is 0. The van der Waals surface area contributed by atoms with Crippen LogP contribution < -0.4 is 0 Å². The molecule has 2 aliphatic rings. The van der Waals surface area contributed by atoms with Gasteiger partial charge in [-0.25, -0.2) is 4.48 Å². The van der Waals surface area contributed by atoms with Gasteiger partial charge in [-0.1, -0.05) is 13.3 Å². The molecule has 2 atom stereocenters. The molecule has 0 aromatic rings. The summed E-state index contributed by atoms with van der Waals surface area (Å²) in [6.07, 6.45) is 4.14. The van der Waals surface area contributed by atoms with E-state index in [9.17, 15) is 9.59 Å². The first-order valence-corrected chi connectivity index (χ1v) is 7.25. The van der Waals surface area contributed by atoms with Gasteiger partial charge in [0, 0.05) is 13.0 Å². The number of methoxy groups -OCH3 is 1. The van der Waals surface area contributed by atoms with Crippen molar-refractivity contribution in [3.05, 3.63) is 0 Å². The Bertz CT molecular complexity index is 368. The van der Waals surface area contributed by atoms with Gasteiger partial charge in [-0.05, 0) is 18.8 Å². The number of quaternary nitrogens is 1. The van der Waals surface area contributed by atoms with Crippen LogP contribution in [0.3, 0.4) is 0 Å². The molecule has 2 fully saturated rings. The molecule has 1 aliphatic heterocycles. The van der Waals surface area contributed by atoms with E-state index in [2.05, 4.69) is 0 Å². The van der Waals surface area contributed by atoms with Gasteiger partial charge >= 0.3 is 6.09 Å². The average Bonchev–Trinajstić information content (AvgIpc) is 2.35. The summed E-state index contributed by atoms with van der Waals surface area (Å²) in [5, 5.41) is 0. The highest BCUT2D eigenvalue weighted by atomic mass is 16.5. The summed E-state index contributed by atoms with van der Waals surface area (Å²) in [4.78, 5) is 26.5. The largest absolute Gasteiger partial charge is 0.516 e. The van der Waals surface area contributed by atoms with Crippen molar-refractivity contribution in [3.8, 4) is 0 Å². The Labute approximate surface area is 115 Å². The second-order valence-electron chi connectivity index (χ2n) is 5.97. The molecule has 0 bridgehead atoms. The summed E-state index contributed by atoms with van der Waals surface area (Å²) < 4.78 is 4.97. The van der Waals surface area contributed by atoms with Crippen molar-refractivity contribution in [2.75, 3.05) is 33.8 Å². The van der Waals surface area contributed by atoms with Gasteiger partial charge in [0.2, 0.25) is 0 Å². The van der Waals surface area contributed by atoms with Gasteiger partial charge in [-0.2, -0.15) is 4.79 Å². The highest BCUT2D eigenvalue weighted by molar-refractivity contribution is 5.83. The van der Waals surface area contributed by atoms with E-state index in [4.69, 9.17) is 4.74 Å². The van der Waals surface area contributed by atoms with Gasteiger partial charge in [0.1, 0.15) is 6.54 Å². The van der Waals surface area contributed by atoms with Gasteiger partial charge in [-0.15, -0.1) is 0 Å². The zero-order chi connectivity index (χ0) is 14.0. The van der Waals surface area contributed by atoms with Crippen molar-refractivity contribution >= 4 is 12.0 Å². The molecule has 1 saturated carbocycles. The molecule has 108 valence electrons. The summed E-state index contributed by atoms with van der Waals surface area (Å²) in [6, 6.07) is -0.290. The summed E-state index contributed by atoms with van der Waals surface area (Å²) in [6.45, 7) is 4.16. The van der Waals surface area contributed by atoms with Gasteiger partial charge in [0.25, 0.3) is 5.91 Å². The van der Waals surface area contributed by atoms with Crippen molar-refractivity contribution in [2.24, 2.45) is 5.92 Å². The minimum atomic E-state index is -0.302. The molecule has 19 heavy (non-hydrogen) atoms. The van der Waals surface area contributed by atoms with Crippen molar-refractivity contribution in [1.29, 1.82) is 0 Å². The van der Waals surface area contributed by atoms with Crippen LogP contribution in [-0.2, 0) is 9.53 Å². The first-order chi connectivity index (χ1) is 9.02. The Kier molecular flexibility index (Phi) is 4.13. The molecule has 2 rings (SSSR count). The zero-order valence-electron chi connectivity index (χ0n) is 12.2. The maximum atomic E-state index is 12.6. The molecule has 0 aromatic carbocycles. The molecular weight excluding hydrogens is 244 g/mol. The monoisotopic (exact) mass is 269 g/mol. The van der Waals surface area contributed by atoms with E-state index in [1.54, 1.807) is 0 Å². The van der Waals surface area contributed by atoms with Crippen LogP contribution in [-0.4, -0.2) is 61.2 Å². The quantitative estimate of drug-likeness (QED) is 0.731. The van der Waals surface area contributed by atoms with Crippen molar-refractivity contribution in [3.63, 3.8) is 0 Å². The van der Waals surface area contributed by atoms with Gasteiger partial charge < -0.3 is 9.64 Å². The number of amides is 2. The lowest BCUT2D eigenvalue weighted by molar-refractivity contribution is -0.858. The van der Waals surface area contributed by atoms with Crippen LogP contribution in [0.2, 0.25) is 0 Å². The fourth-order valence-corrected chi connectivity index (χ4v) is 3.22. The SMILES string of the molecule is CCC1C(=O)N(CC2CCC2)CC[N+]1(C)C(=O)OC. The van der Waals surface area contributed by atoms with Gasteiger partial charge in [-0.3, -0.25) is 4.79 Å². The number of carbonyl (C=O) groups excluding carboxylic acids is 2. The summed E-state index contributed by atoms with van der Waals surface area (Å²) in [5.41, 5.74) is 0. The van der Waals surface area contributed by atoms with Crippen LogP contribution in [0.1, 0.15) is 32.6 Å². The average molecular weight is 269 g/mol. The minimum absolute atomic E-state index is 0.0903. The topological polar surface area (TPSA) is 46.6 Å². The number of piperazine rings is 1. The van der Waals surface area contributed by atoms with E-state index < -0.39 is 0 Å². The Morgan fingerprint density at radius 3 is 2.63 bits per heavy atom. The van der Waals surface area contributed by atoms with Crippen LogP contribution in [0.15, 0.2) is 0 Å². The molecule has 0 radical (unpaired) electrons. The van der Waals surface area contributed by atoms with Crippen molar-refractivity contribution in [2.45, 2.75) is 38.6 Å². The predicted octanol–water partition coefficient (Wildman–Crippen LogP) is 1.62. The van der Waals surface area contributed by atoms with Crippen LogP contribution in [0.4, 0.5) is 4.79 Å². The Hall–Kier alpha value is -1.10. The minimum Gasteiger partial charge on any atom is -0.423 e. The highest BCUT2D eigenvalue weighted by Crippen LogP contribution is 2.30. The number of likely N-dealkylation sites (N-methyl/N-ethyl adjacent to an activating group) is 1. The van der Waals surface area contributed by atoms with Crippen LogP contribution in [0.25, 0.3) is 0 Å². The van der Waals surface area contributed by atoms with Gasteiger partial charge in [0.05, 0.1) is 20.7 Å². The second-order valence-corrected chi connectivity index (χ2v) is 5.97. The predicted molar refractivity (Wildman–Crippen MR) is 71.5 cm³/mol. The lowest BCUT2D eigenvalue weighted by Crippen LogP contribution is -2.68. The number of ether oxygens (including phenoxy) is 1. The normalized spacial score (nSPS) is 32.1. The van der Waals surface area contributed by atoms with E-state index in [1.165, 1.54) is 26.4 Å². The van der Waals surface area contributed by atoms with Crippen molar-refractivity contribution < 1.29 is 18.8 Å². The maximum absolute atomic E-state index is 12.6. The van der Waals surface area contributed by atoms with Crippen LogP contribution in [0.5, 0.6) is 0 Å². The van der Waals surface area contributed by atoms with E-state index in [1.807, 2.05) is 18.9 Å². The summed E-state index contributed by atoms with van der Waals surface area (Å²) in [5.74, 6) is 0.796. The number of hydrogen-bond acceptors (Lipinski definition) is 3. The van der Waals surface area contributed by atoms with Crippen LogP contribution in [0, 0.1) is 5.92 Å². The number of carbonyl (C=O) groups is 2. The standard InChI is InChI=1S/C14H25N2O3/c1-4-12-13(17)15(10-11-6-5-7-11)8-9-16(12,2)14(18)19-3/h11-12H,4-10H2,1-3H3/q+1. The molecule has 2 amide bonds. The van der Waals surface area contributed by atoms with Crippen molar-refractivity contribution in [1.82, 2.24) is 4.90 Å². The summed E-state index contributed by atoms with van der Waals surface area (Å²) >= 11 is 0. The van der Waals surface area contributed by atoms with E-state index >= 15 is 0 Å². The molecule has 1 heterocycles. The first-order valence-electron chi connectivity index (χ1n) is 7.25. The molecule has 0 aromatic heterocycles. The zero-order valence-corrected chi connectivity index (χ0v) is 12.2. The third-order valence-electron chi connectivity index (χ3n) is 4.80. The molecule has 2 unspecified atom stereocenters. The Morgan fingerprint density at radius 1 is 1.47 bits per heavy atom.